The highest BCUT2D eigenvalue weighted by Gasteiger charge is 2.27. The van der Waals surface area contributed by atoms with Gasteiger partial charge in [0.25, 0.3) is 0 Å². The highest BCUT2D eigenvalue weighted by molar-refractivity contribution is 6.31. The van der Waals surface area contributed by atoms with E-state index in [1.807, 2.05) is 0 Å². The maximum absolute atomic E-state index is 13.6. The molecular formula is C20H12ClF5N2O5. The third kappa shape index (κ3) is 5.00. The van der Waals surface area contributed by atoms with Crippen LogP contribution in [0.25, 0.3) is 0 Å². The van der Waals surface area contributed by atoms with Crippen LogP contribution in [0.3, 0.4) is 0 Å². The summed E-state index contributed by atoms with van der Waals surface area (Å²) in [6, 6.07) is 6.74. The molecular weight excluding hydrogens is 479 g/mol. The van der Waals surface area contributed by atoms with Gasteiger partial charge in [0, 0.05) is 5.02 Å². The Morgan fingerprint density at radius 1 is 1.03 bits per heavy atom. The second-order valence-electron chi connectivity index (χ2n) is 6.15. The lowest BCUT2D eigenvalue weighted by Gasteiger charge is -2.09. The van der Waals surface area contributed by atoms with Gasteiger partial charge in [0.05, 0.1) is 12.7 Å². The number of rotatable bonds is 7. The van der Waals surface area contributed by atoms with E-state index in [1.54, 1.807) is 6.07 Å². The number of nitrogens with two attached hydrogens (primary N) is 1. The lowest BCUT2D eigenvalue weighted by Crippen LogP contribution is -2.16. The summed E-state index contributed by atoms with van der Waals surface area (Å²) in [6.07, 6.45) is 0. The Hall–Kier alpha value is -3.80. The lowest BCUT2D eigenvalue weighted by molar-refractivity contribution is 0.0475. The molecule has 0 saturated carbocycles. The molecule has 0 spiro atoms. The topological polar surface area (TPSA) is 96.3 Å². The molecule has 3 aromatic rings. The van der Waals surface area contributed by atoms with Gasteiger partial charge in [-0.15, -0.1) is 0 Å². The normalized spacial score (nSPS) is 11.4. The van der Waals surface area contributed by atoms with Gasteiger partial charge >= 0.3 is 5.97 Å². The summed E-state index contributed by atoms with van der Waals surface area (Å²) in [5.41, 5.74) is 6.02. The quantitative estimate of drug-likeness (QED) is 0.0981. The van der Waals surface area contributed by atoms with Crippen LogP contribution < -0.4 is 15.2 Å². The third-order valence-electron chi connectivity index (χ3n) is 4.06. The molecule has 2 N–H and O–H groups in total. The standard InChI is InChI=1S/C20H12ClF5N2O5/c1-30-11-4-2-8(21)6-10(11)19(27)28-33-20(29)12-5-3-9(32-12)7-31-18-16(25)14(23)13(22)15(24)17(18)26/h2-6H,7H2,1H3,(H2,27,28). The van der Waals surface area contributed by atoms with E-state index in [0.717, 1.165) is 12.1 Å². The van der Waals surface area contributed by atoms with Crippen molar-refractivity contribution in [3.63, 3.8) is 0 Å². The van der Waals surface area contributed by atoms with Gasteiger partial charge in [-0.25, -0.2) is 18.0 Å². The summed E-state index contributed by atoms with van der Waals surface area (Å²) in [4.78, 5) is 16.8. The average molecular weight is 491 g/mol. The highest BCUT2D eigenvalue weighted by Crippen LogP contribution is 2.30. The minimum absolute atomic E-state index is 0.195. The molecule has 1 aromatic heterocycles. The average Bonchev–Trinajstić information content (AvgIpc) is 3.28. The predicted molar refractivity (Wildman–Crippen MR) is 103 cm³/mol. The van der Waals surface area contributed by atoms with Gasteiger partial charge in [-0.05, 0) is 30.3 Å². The molecule has 0 atom stereocenters. The second-order valence-corrected chi connectivity index (χ2v) is 6.59. The zero-order chi connectivity index (χ0) is 24.3. The fourth-order valence-corrected chi connectivity index (χ4v) is 2.66. The van der Waals surface area contributed by atoms with Crippen LogP contribution in [-0.2, 0) is 11.4 Å². The first-order chi connectivity index (χ1) is 15.6. The van der Waals surface area contributed by atoms with Crippen molar-refractivity contribution in [1.82, 2.24) is 0 Å². The maximum Gasteiger partial charge on any atom is 0.400 e. The smallest absolute Gasteiger partial charge is 0.400 e. The molecule has 0 radical (unpaired) electrons. The second kappa shape index (κ2) is 9.77. The molecule has 3 rings (SSSR count). The minimum atomic E-state index is -2.32. The molecule has 7 nitrogen and oxygen atoms in total. The molecule has 0 aliphatic carbocycles. The molecule has 0 saturated heterocycles. The van der Waals surface area contributed by atoms with Crippen molar-refractivity contribution in [1.29, 1.82) is 0 Å². The molecule has 13 heteroatoms. The van der Waals surface area contributed by atoms with Gasteiger partial charge in [0.15, 0.2) is 11.6 Å². The van der Waals surface area contributed by atoms with Crippen LogP contribution in [0.15, 0.2) is 39.9 Å². The molecule has 2 aromatic carbocycles. The van der Waals surface area contributed by atoms with Crippen LogP contribution in [0.2, 0.25) is 5.02 Å². The van der Waals surface area contributed by atoms with Crippen LogP contribution >= 0.6 is 11.6 Å². The van der Waals surface area contributed by atoms with Crippen LogP contribution in [0.4, 0.5) is 22.0 Å². The molecule has 1 heterocycles. The van der Waals surface area contributed by atoms with E-state index < -0.39 is 53.2 Å². The van der Waals surface area contributed by atoms with Crippen molar-refractivity contribution in [2.75, 3.05) is 7.11 Å². The predicted octanol–water partition coefficient (Wildman–Crippen LogP) is 4.69. The Morgan fingerprint density at radius 3 is 2.30 bits per heavy atom. The van der Waals surface area contributed by atoms with Gasteiger partial charge in [-0.3, -0.25) is 0 Å². The number of halogens is 6. The summed E-state index contributed by atoms with van der Waals surface area (Å²) < 4.78 is 81.6. The van der Waals surface area contributed by atoms with Crippen molar-refractivity contribution in [2.24, 2.45) is 10.9 Å². The number of oxime groups is 1. The number of amidine groups is 1. The number of carbonyl (C=O) groups excluding carboxylic acids is 1. The van der Waals surface area contributed by atoms with Crippen molar-refractivity contribution >= 4 is 23.4 Å². The summed E-state index contributed by atoms with van der Waals surface area (Å²) in [5.74, 6) is -14.1. The molecule has 0 aliphatic heterocycles. The van der Waals surface area contributed by atoms with Gasteiger partial charge in [0.1, 0.15) is 18.1 Å². The Morgan fingerprint density at radius 2 is 1.67 bits per heavy atom. The van der Waals surface area contributed by atoms with E-state index in [1.165, 1.54) is 19.2 Å². The van der Waals surface area contributed by atoms with Crippen molar-refractivity contribution < 1.29 is 45.5 Å². The zero-order valence-electron chi connectivity index (χ0n) is 16.4. The first-order valence-electron chi connectivity index (χ1n) is 8.75. The van der Waals surface area contributed by atoms with Crippen LogP contribution in [0, 0.1) is 29.1 Å². The number of furan rings is 1. The molecule has 0 unspecified atom stereocenters. The van der Waals surface area contributed by atoms with Gasteiger partial charge in [0.2, 0.25) is 34.8 Å². The first-order valence-corrected chi connectivity index (χ1v) is 9.13. The van der Waals surface area contributed by atoms with Gasteiger partial charge in [-0.2, -0.15) is 8.78 Å². The number of hydrogen-bond donors (Lipinski definition) is 1. The maximum atomic E-state index is 13.6. The molecule has 33 heavy (non-hydrogen) atoms. The van der Waals surface area contributed by atoms with E-state index in [0.29, 0.717) is 10.8 Å². The molecule has 0 amide bonds. The van der Waals surface area contributed by atoms with Crippen LogP contribution in [0.1, 0.15) is 21.9 Å². The highest BCUT2D eigenvalue weighted by atomic mass is 35.5. The largest absolute Gasteiger partial charge is 0.496 e. The number of benzene rings is 2. The molecule has 0 fully saturated rings. The Labute approximate surface area is 187 Å². The third-order valence-corrected chi connectivity index (χ3v) is 4.29. The van der Waals surface area contributed by atoms with E-state index in [-0.39, 0.29) is 17.2 Å². The van der Waals surface area contributed by atoms with Crippen LogP contribution in [-0.4, -0.2) is 18.9 Å². The number of carbonyl (C=O) groups is 1. The first kappa shape index (κ1) is 23.9. The van der Waals surface area contributed by atoms with Gasteiger partial charge in [-0.1, -0.05) is 16.8 Å². The minimum Gasteiger partial charge on any atom is -0.496 e. The van der Waals surface area contributed by atoms with E-state index in [9.17, 15) is 26.7 Å². The monoisotopic (exact) mass is 490 g/mol. The lowest BCUT2D eigenvalue weighted by atomic mass is 10.2. The van der Waals surface area contributed by atoms with Crippen molar-refractivity contribution in [2.45, 2.75) is 6.61 Å². The SMILES string of the molecule is COc1ccc(Cl)cc1/C(N)=N/OC(=O)c1ccc(COc2c(F)c(F)c(F)c(F)c2F)o1. The summed E-state index contributed by atoms with van der Waals surface area (Å²) in [5, 5.41) is 3.79. The summed E-state index contributed by atoms with van der Waals surface area (Å²) in [6.45, 7) is -0.767. The van der Waals surface area contributed by atoms with Crippen molar-refractivity contribution in [3.05, 3.63) is 81.5 Å². The Balaban J connectivity index is 1.69. The number of methoxy groups -OCH3 is 1. The van der Waals surface area contributed by atoms with Gasteiger partial charge < -0.3 is 24.5 Å². The fourth-order valence-electron chi connectivity index (χ4n) is 2.49. The van der Waals surface area contributed by atoms with Crippen LogP contribution in [0.5, 0.6) is 11.5 Å². The molecule has 0 bridgehead atoms. The van der Waals surface area contributed by atoms with E-state index >= 15 is 0 Å². The number of ether oxygens (including phenoxy) is 2. The number of nitrogens with zero attached hydrogens (tertiary/aromatic N) is 1. The zero-order valence-corrected chi connectivity index (χ0v) is 17.2. The Bertz CT molecular complexity index is 1220. The fraction of sp³-hybridized carbons (Fsp3) is 0.100. The summed E-state index contributed by atoms with van der Waals surface area (Å²) in [7, 11) is 1.38. The van der Waals surface area contributed by atoms with Crippen molar-refractivity contribution in [3.8, 4) is 11.5 Å². The molecule has 174 valence electrons. The number of hydrogen-bond acceptors (Lipinski definition) is 6. The Kier molecular flexibility index (Phi) is 7.07. The van der Waals surface area contributed by atoms with E-state index in [2.05, 4.69) is 14.7 Å². The molecule has 0 aliphatic rings. The van der Waals surface area contributed by atoms with E-state index in [4.69, 9.17) is 26.5 Å². The summed E-state index contributed by atoms with van der Waals surface area (Å²) >= 11 is 5.89.